The highest BCUT2D eigenvalue weighted by atomic mass is 35.5. The van der Waals surface area contributed by atoms with Crippen LogP contribution in [0.5, 0.6) is 0 Å². The summed E-state index contributed by atoms with van der Waals surface area (Å²) in [6.45, 7) is 4.45. The van der Waals surface area contributed by atoms with E-state index >= 15 is 0 Å². The molecule has 0 radical (unpaired) electrons. The minimum Gasteiger partial charge on any atom is -0.325 e. The maximum atomic E-state index is 12.9. The number of nitrogens with zero attached hydrogens (tertiary/aromatic N) is 3. The number of aryl methyl sites for hydroxylation is 1. The standard InChI is InChI=1S/C21H21ClN4O4S/c1-3-10-25-20(28)18(31-21(25)23-14-6-4-13(2)5-7-14)12-19(27)24-17-11-15(26(29)30)8-9-16(17)22/h4-9,11,18H,3,10,12H2,1-2H3,(H,24,27). The highest BCUT2D eigenvalue weighted by Crippen LogP contribution is 2.33. The molecule has 1 saturated heterocycles. The SMILES string of the molecule is CCCN1C(=O)C(CC(=O)Nc2cc([N+](=O)[O-])ccc2Cl)SC1=Nc1ccc(C)cc1. The van der Waals surface area contributed by atoms with Gasteiger partial charge in [0.25, 0.3) is 5.69 Å². The Bertz CT molecular complexity index is 1040. The summed E-state index contributed by atoms with van der Waals surface area (Å²) in [5.41, 5.74) is 1.79. The minimum atomic E-state index is -0.631. The van der Waals surface area contributed by atoms with Crippen LogP contribution in [0.2, 0.25) is 5.02 Å². The second kappa shape index (κ2) is 9.93. The third kappa shape index (κ3) is 5.62. The van der Waals surface area contributed by atoms with Crippen molar-refractivity contribution in [2.24, 2.45) is 4.99 Å². The zero-order valence-electron chi connectivity index (χ0n) is 17.0. The first-order valence-corrected chi connectivity index (χ1v) is 10.9. The van der Waals surface area contributed by atoms with Gasteiger partial charge in [-0.2, -0.15) is 0 Å². The van der Waals surface area contributed by atoms with Crippen LogP contribution in [-0.2, 0) is 9.59 Å². The summed E-state index contributed by atoms with van der Waals surface area (Å²) in [7, 11) is 0. The molecule has 1 heterocycles. The Kier molecular flexibility index (Phi) is 7.29. The van der Waals surface area contributed by atoms with Crippen LogP contribution in [0.1, 0.15) is 25.3 Å². The predicted molar refractivity (Wildman–Crippen MR) is 123 cm³/mol. The number of nitro benzene ring substituents is 1. The van der Waals surface area contributed by atoms with Crippen molar-refractivity contribution >= 4 is 57.4 Å². The minimum absolute atomic E-state index is 0.102. The first-order valence-electron chi connectivity index (χ1n) is 9.65. The van der Waals surface area contributed by atoms with Crippen molar-refractivity contribution in [3.63, 3.8) is 0 Å². The molecular formula is C21H21ClN4O4S. The highest BCUT2D eigenvalue weighted by Gasteiger charge is 2.38. The summed E-state index contributed by atoms with van der Waals surface area (Å²) in [5.74, 6) is -0.640. The first kappa shape index (κ1) is 22.8. The fourth-order valence-electron chi connectivity index (χ4n) is 2.98. The molecule has 8 nitrogen and oxygen atoms in total. The number of amides is 2. The molecule has 1 fully saturated rings. The summed E-state index contributed by atoms with van der Waals surface area (Å²) in [4.78, 5) is 42.0. The zero-order chi connectivity index (χ0) is 22.5. The number of nitrogens with one attached hydrogen (secondary N) is 1. The highest BCUT2D eigenvalue weighted by molar-refractivity contribution is 8.15. The van der Waals surface area contributed by atoms with Gasteiger partial charge in [-0.3, -0.25) is 24.6 Å². The molecule has 162 valence electrons. The number of hydrogen-bond donors (Lipinski definition) is 1. The molecular weight excluding hydrogens is 440 g/mol. The number of anilines is 1. The van der Waals surface area contributed by atoms with Crippen molar-refractivity contribution < 1.29 is 14.5 Å². The summed E-state index contributed by atoms with van der Waals surface area (Å²) in [5, 5.41) is 13.6. The molecule has 10 heteroatoms. The van der Waals surface area contributed by atoms with Crippen LogP contribution in [0, 0.1) is 17.0 Å². The molecule has 0 bridgehead atoms. The molecule has 3 rings (SSSR count). The molecule has 0 spiro atoms. The third-order valence-corrected chi connectivity index (χ3v) is 6.04. The van der Waals surface area contributed by atoms with E-state index in [4.69, 9.17) is 11.6 Å². The van der Waals surface area contributed by atoms with E-state index < -0.39 is 16.1 Å². The summed E-state index contributed by atoms with van der Waals surface area (Å²) >= 11 is 7.28. The van der Waals surface area contributed by atoms with Crippen LogP contribution in [0.15, 0.2) is 47.5 Å². The zero-order valence-corrected chi connectivity index (χ0v) is 18.6. The summed E-state index contributed by atoms with van der Waals surface area (Å²) < 4.78 is 0. The number of benzene rings is 2. The van der Waals surface area contributed by atoms with Gasteiger partial charge in [0.1, 0.15) is 5.25 Å². The topological polar surface area (TPSA) is 105 Å². The van der Waals surface area contributed by atoms with Crippen molar-refractivity contribution in [2.45, 2.75) is 31.9 Å². The molecule has 1 atom stereocenters. The number of halogens is 1. The number of carbonyl (C=O) groups excluding carboxylic acids is 2. The van der Waals surface area contributed by atoms with E-state index in [0.717, 1.165) is 17.7 Å². The maximum absolute atomic E-state index is 12.9. The lowest BCUT2D eigenvalue weighted by atomic mass is 10.2. The number of nitro groups is 1. The molecule has 1 aliphatic heterocycles. The number of hydrogen-bond acceptors (Lipinski definition) is 6. The molecule has 1 aliphatic rings. The molecule has 2 amide bonds. The van der Waals surface area contributed by atoms with Gasteiger partial charge in [-0.15, -0.1) is 0 Å². The van der Waals surface area contributed by atoms with E-state index in [0.29, 0.717) is 11.7 Å². The Hall–Kier alpha value is -2.91. The molecule has 0 aliphatic carbocycles. The molecule has 1 N–H and O–H groups in total. The van der Waals surface area contributed by atoms with E-state index in [1.807, 2.05) is 38.1 Å². The van der Waals surface area contributed by atoms with Gasteiger partial charge in [-0.1, -0.05) is 48.0 Å². The van der Waals surface area contributed by atoms with Crippen molar-refractivity contribution in [3.8, 4) is 0 Å². The second-order valence-electron chi connectivity index (χ2n) is 7.00. The fourth-order valence-corrected chi connectivity index (χ4v) is 4.33. The number of aliphatic imine (C=N–C) groups is 1. The second-order valence-corrected chi connectivity index (χ2v) is 8.58. The number of amidine groups is 1. The van der Waals surface area contributed by atoms with Crippen molar-refractivity contribution in [2.75, 3.05) is 11.9 Å². The Morgan fingerprint density at radius 2 is 2.00 bits per heavy atom. The number of carbonyl (C=O) groups is 2. The maximum Gasteiger partial charge on any atom is 0.271 e. The Balaban J connectivity index is 1.74. The molecule has 2 aromatic rings. The van der Waals surface area contributed by atoms with E-state index in [1.165, 1.54) is 30.0 Å². The third-order valence-electron chi connectivity index (χ3n) is 4.53. The van der Waals surface area contributed by atoms with Crippen molar-refractivity contribution in [1.29, 1.82) is 0 Å². The quantitative estimate of drug-likeness (QED) is 0.466. The van der Waals surface area contributed by atoms with Crippen molar-refractivity contribution in [1.82, 2.24) is 4.90 Å². The van der Waals surface area contributed by atoms with Crippen LogP contribution >= 0.6 is 23.4 Å². The van der Waals surface area contributed by atoms with Gasteiger partial charge in [0, 0.05) is 25.1 Å². The van der Waals surface area contributed by atoms with Gasteiger partial charge in [0.2, 0.25) is 11.8 Å². The lowest BCUT2D eigenvalue weighted by molar-refractivity contribution is -0.384. The van der Waals surface area contributed by atoms with Gasteiger partial charge in [0.05, 0.1) is 21.3 Å². The molecule has 31 heavy (non-hydrogen) atoms. The van der Waals surface area contributed by atoms with Crippen LogP contribution in [0.4, 0.5) is 17.1 Å². The van der Waals surface area contributed by atoms with Crippen LogP contribution in [-0.4, -0.2) is 38.6 Å². The molecule has 0 aromatic heterocycles. The average molecular weight is 461 g/mol. The average Bonchev–Trinajstić information content (AvgIpc) is 3.00. The largest absolute Gasteiger partial charge is 0.325 e. The lowest BCUT2D eigenvalue weighted by Gasteiger charge is -2.15. The van der Waals surface area contributed by atoms with Gasteiger partial charge in [0.15, 0.2) is 5.17 Å². The smallest absolute Gasteiger partial charge is 0.271 e. The molecule has 2 aromatic carbocycles. The molecule has 0 saturated carbocycles. The summed E-state index contributed by atoms with van der Waals surface area (Å²) in [6.07, 6.45) is 0.650. The van der Waals surface area contributed by atoms with Crippen LogP contribution < -0.4 is 5.32 Å². The van der Waals surface area contributed by atoms with E-state index in [9.17, 15) is 19.7 Å². The normalized spacial score (nSPS) is 17.3. The van der Waals surface area contributed by atoms with Gasteiger partial charge in [-0.25, -0.2) is 4.99 Å². The monoisotopic (exact) mass is 460 g/mol. The van der Waals surface area contributed by atoms with E-state index in [1.54, 1.807) is 4.90 Å². The summed E-state index contributed by atoms with van der Waals surface area (Å²) in [6, 6.07) is 11.4. The van der Waals surface area contributed by atoms with E-state index in [2.05, 4.69) is 10.3 Å². The van der Waals surface area contributed by atoms with Crippen LogP contribution in [0.3, 0.4) is 0 Å². The van der Waals surface area contributed by atoms with Crippen LogP contribution in [0.25, 0.3) is 0 Å². The number of rotatable bonds is 7. The van der Waals surface area contributed by atoms with Gasteiger partial charge in [-0.05, 0) is 31.5 Å². The Morgan fingerprint density at radius 1 is 1.29 bits per heavy atom. The number of non-ortho nitro benzene ring substituents is 1. The fraction of sp³-hybridized carbons (Fsp3) is 0.286. The van der Waals surface area contributed by atoms with Crippen molar-refractivity contribution in [3.05, 3.63) is 63.2 Å². The Morgan fingerprint density at radius 3 is 2.65 bits per heavy atom. The Labute approximate surface area is 188 Å². The first-order chi connectivity index (χ1) is 14.8. The molecule has 1 unspecified atom stereocenters. The van der Waals surface area contributed by atoms with Gasteiger partial charge < -0.3 is 5.32 Å². The predicted octanol–water partition coefficient (Wildman–Crippen LogP) is 4.93. The van der Waals surface area contributed by atoms with E-state index in [-0.39, 0.29) is 28.7 Å². The number of thioether (sulfide) groups is 1. The van der Waals surface area contributed by atoms with Gasteiger partial charge >= 0.3 is 0 Å². The lowest BCUT2D eigenvalue weighted by Crippen LogP contribution is -2.34.